The summed E-state index contributed by atoms with van der Waals surface area (Å²) in [6.45, 7) is 3.76. The number of carbonyl (C=O) groups is 5. The van der Waals surface area contributed by atoms with Crippen molar-refractivity contribution in [3.8, 4) is 0 Å². The van der Waals surface area contributed by atoms with Gasteiger partial charge in [0, 0.05) is 11.1 Å². The average molecular weight is 510 g/mol. The Morgan fingerprint density at radius 2 is 1.55 bits per heavy atom. The summed E-state index contributed by atoms with van der Waals surface area (Å²) in [7, 11) is 0. The quantitative estimate of drug-likeness (QED) is 0.299. The number of hydrogen-bond donors (Lipinski definition) is 0. The fraction of sp³-hybridized carbons (Fsp3) is 0.233. The van der Waals surface area contributed by atoms with Crippen molar-refractivity contribution < 1.29 is 33.4 Å². The van der Waals surface area contributed by atoms with E-state index < -0.39 is 52.9 Å². The number of hydrogen-bond acceptors (Lipinski definition) is 7. The van der Waals surface area contributed by atoms with Gasteiger partial charge in [-0.05, 0) is 49.2 Å². The molecule has 2 heterocycles. The van der Waals surface area contributed by atoms with Crippen LogP contribution in [0.3, 0.4) is 0 Å². The summed E-state index contributed by atoms with van der Waals surface area (Å²) in [4.78, 5) is 68.7. The van der Waals surface area contributed by atoms with Crippen molar-refractivity contribution in [1.29, 1.82) is 0 Å². The number of rotatable bonds is 4. The number of Topliss-reactive ketones (excluding diaryl/α,β-unsaturated/α-hetero) is 2. The molecular weight excluding hydrogens is 486 g/mol. The molecule has 3 unspecified atom stereocenters. The molecule has 1 spiro atoms. The van der Waals surface area contributed by atoms with E-state index >= 15 is 0 Å². The van der Waals surface area contributed by atoms with Gasteiger partial charge in [-0.3, -0.25) is 19.2 Å². The van der Waals surface area contributed by atoms with Gasteiger partial charge in [-0.1, -0.05) is 48.5 Å². The van der Waals surface area contributed by atoms with Crippen LogP contribution in [0, 0.1) is 18.8 Å². The molecule has 0 bridgehead atoms. The predicted molar refractivity (Wildman–Crippen MR) is 135 cm³/mol. The first-order valence-corrected chi connectivity index (χ1v) is 12.4. The standard InChI is InChI=1S/C30H23NO7/c1-3-37-29(36)18-13-11-17(12-14-18)24-22-23(28(35)31(27(22)34)19-8-6-7-16(2)15-19)30(38-24)25(32)20-9-4-5-10-21(20)26(30)33/h4-15,22-24H,3H2,1-2H3. The van der Waals surface area contributed by atoms with Gasteiger partial charge in [-0.15, -0.1) is 0 Å². The Balaban J connectivity index is 1.49. The minimum atomic E-state index is -2.15. The van der Waals surface area contributed by atoms with Crippen LogP contribution in [-0.4, -0.2) is 41.6 Å². The van der Waals surface area contributed by atoms with Crippen molar-refractivity contribution >= 4 is 35.0 Å². The van der Waals surface area contributed by atoms with Gasteiger partial charge in [-0.2, -0.15) is 0 Å². The lowest BCUT2D eigenvalue weighted by molar-refractivity contribution is -0.127. The highest BCUT2D eigenvalue weighted by Crippen LogP contribution is 2.57. The number of esters is 1. The maximum Gasteiger partial charge on any atom is 0.338 e. The summed E-state index contributed by atoms with van der Waals surface area (Å²) in [5.41, 5.74) is 0.176. The third-order valence-corrected chi connectivity index (χ3v) is 7.53. The molecule has 0 aromatic heterocycles. The summed E-state index contributed by atoms with van der Waals surface area (Å²) in [5, 5.41) is 0. The zero-order chi connectivity index (χ0) is 26.8. The fourth-order valence-electron chi connectivity index (χ4n) is 5.86. The summed E-state index contributed by atoms with van der Waals surface area (Å²) >= 11 is 0. The summed E-state index contributed by atoms with van der Waals surface area (Å²) in [6, 6.07) is 19.5. The van der Waals surface area contributed by atoms with Crippen molar-refractivity contribution in [3.05, 3.63) is 101 Å². The normalized spacial score (nSPS) is 23.2. The molecule has 2 aliphatic heterocycles. The first-order valence-electron chi connectivity index (χ1n) is 12.4. The van der Waals surface area contributed by atoms with Crippen LogP contribution in [0.4, 0.5) is 5.69 Å². The molecule has 2 amide bonds. The molecule has 0 N–H and O–H groups in total. The number of fused-ring (bicyclic) bond motifs is 3. The molecule has 3 atom stereocenters. The summed E-state index contributed by atoms with van der Waals surface area (Å²) in [6.07, 6.45) is -1.07. The number of anilines is 1. The van der Waals surface area contributed by atoms with Crippen molar-refractivity contribution in [2.45, 2.75) is 25.6 Å². The van der Waals surface area contributed by atoms with Crippen LogP contribution < -0.4 is 4.90 Å². The Kier molecular flexibility index (Phi) is 5.39. The van der Waals surface area contributed by atoms with Crippen LogP contribution >= 0.6 is 0 Å². The van der Waals surface area contributed by atoms with Crippen LogP contribution in [0.15, 0.2) is 72.8 Å². The second-order valence-corrected chi connectivity index (χ2v) is 9.67. The number of imide groups is 1. The second-order valence-electron chi connectivity index (χ2n) is 9.67. The Hall–Kier alpha value is -4.43. The first kappa shape index (κ1) is 23.9. The molecule has 8 heteroatoms. The summed E-state index contributed by atoms with van der Waals surface area (Å²) < 4.78 is 11.3. The van der Waals surface area contributed by atoms with Crippen LogP contribution in [0.25, 0.3) is 0 Å². The maximum absolute atomic E-state index is 14.0. The van der Waals surface area contributed by atoms with E-state index in [1.165, 1.54) is 24.3 Å². The van der Waals surface area contributed by atoms with Crippen LogP contribution in [0.5, 0.6) is 0 Å². The van der Waals surface area contributed by atoms with Gasteiger partial charge < -0.3 is 9.47 Å². The molecule has 190 valence electrons. The van der Waals surface area contributed by atoms with Gasteiger partial charge >= 0.3 is 5.97 Å². The number of aryl methyl sites for hydroxylation is 1. The largest absolute Gasteiger partial charge is 0.462 e. The molecule has 3 aromatic rings. The Bertz CT molecular complexity index is 1510. The molecule has 1 aliphatic carbocycles. The Morgan fingerprint density at radius 1 is 0.895 bits per heavy atom. The number of nitrogens with zero attached hydrogens (tertiary/aromatic N) is 1. The molecule has 0 radical (unpaired) electrons. The van der Waals surface area contributed by atoms with Crippen molar-refractivity contribution in [2.75, 3.05) is 11.5 Å². The average Bonchev–Trinajstić information content (AvgIpc) is 3.49. The van der Waals surface area contributed by atoms with Crippen LogP contribution in [0.1, 0.15) is 55.2 Å². The highest BCUT2D eigenvalue weighted by molar-refractivity contribution is 6.37. The smallest absolute Gasteiger partial charge is 0.338 e. The van der Waals surface area contributed by atoms with Gasteiger partial charge in [0.2, 0.25) is 29.0 Å². The lowest BCUT2D eigenvalue weighted by Gasteiger charge is -2.27. The van der Waals surface area contributed by atoms with Crippen molar-refractivity contribution in [2.24, 2.45) is 11.8 Å². The lowest BCUT2D eigenvalue weighted by Crippen LogP contribution is -2.51. The fourth-order valence-corrected chi connectivity index (χ4v) is 5.86. The van der Waals surface area contributed by atoms with Crippen molar-refractivity contribution in [1.82, 2.24) is 0 Å². The van der Waals surface area contributed by atoms with Crippen LogP contribution in [-0.2, 0) is 19.1 Å². The van der Waals surface area contributed by atoms with Crippen molar-refractivity contribution in [3.63, 3.8) is 0 Å². The Morgan fingerprint density at radius 3 is 2.16 bits per heavy atom. The monoisotopic (exact) mass is 509 g/mol. The molecule has 0 saturated carbocycles. The third-order valence-electron chi connectivity index (χ3n) is 7.53. The van der Waals surface area contributed by atoms with Gasteiger partial charge in [0.15, 0.2) is 0 Å². The van der Waals surface area contributed by atoms with E-state index in [-0.39, 0.29) is 17.7 Å². The van der Waals surface area contributed by atoms with Gasteiger partial charge in [0.25, 0.3) is 0 Å². The topological polar surface area (TPSA) is 107 Å². The van der Waals surface area contributed by atoms with E-state index in [1.807, 2.05) is 13.0 Å². The van der Waals surface area contributed by atoms with E-state index in [4.69, 9.17) is 9.47 Å². The van der Waals surface area contributed by atoms with Crippen LogP contribution in [0.2, 0.25) is 0 Å². The number of benzene rings is 3. The predicted octanol–water partition coefficient (Wildman–Crippen LogP) is 3.87. The van der Waals surface area contributed by atoms with E-state index in [0.717, 1.165) is 10.5 Å². The molecule has 2 saturated heterocycles. The Labute approximate surface area is 218 Å². The highest BCUT2D eigenvalue weighted by Gasteiger charge is 2.74. The zero-order valence-corrected chi connectivity index (χ0v) is 20.7. The van der Waals surface area contributed by atoms with Gasteiger partial charge in [0.1, 0.15) is 0 Å². The molecule has 38 heavy (non-hydrogen) atoms. The minimum absolute atomic E-state index is 0.170. The molecule has 3 aliphatic rings. The number of amides is 2. The third kappa shape index (κ3) is 3.16. The second kappa shape index (κ2) is 8.56. The molecule has 6 rings (SSSR count). The highest BCUT2D eigenvalue weighted by atomic mass is 16.5. The lowest BCUT2D eigenvalue weighted by atomic mass is 9.77. The van der Waals surface area contributed by atoms with Gasteiger partial charge in [0.05, 0.1) is 35.8 Å². The van der Waals surface area contributed by atoms with E-state index in [0.29, 0.717) is 16.8 Å². The zero-order valence-electron chi connectivity index (χ0n) is 20.7. The molecule has 3 aromatic carbocycles. The molecule has 2 fully saturated rings. The van der Waals surface area contributed by atoms with E-state index in [2.05, 4.69) is 0 Å². The number of ether oxygens (including phenoxy) is 2. The summed E-state index contributed by atoms with van der Waals surface area (Å²) in [5.74, 6) is -5.38. The first-order chi connectivity index (χ1) is 18.3. The maximum atomic E-state index is 14.0. The molecular formula is C30H23NO7. The minimum Gasteiger partial charge on any atom is -0.462 e. The number of ketones is 2. The van der Waals surface area contributed by atoms with E-state index in [9.17, 15) is 24.0 Å². The van der Waals surface area contributed by atoms with E-state index in [1.54, 1.807) is 49.4 Å². The van der Waals surface area contributed by atoms with Gasteiger partial charge in [-0.25, -0.2) is 9.69 Å². The molecule has 8 nitrogen and oxygen atoms in total. The number of carbonyl (C=O) groups excluding carboxylic acids is 5. The SMILES string of the molecule is CCOC(=O)c1ccc(C2OC3(C(=O)c4ccccc4C3=O)C3C(=O)N(c4cccc(C)c4)C(=O)C23)cc1.